The summed E-state index contributed by atoms with van der Waals surface area (Å²) in [6.45, 7) is 1.19. The van der Waals surface area contributed by atoms with Crippen LogP contribution in [0.3, 0.4) is 0 Å². The van der Waals surface area contributed by atoms with Crippen LogP contribution in [0.15, 0.2) is 30.6 Å². The summed E-state index contributed by atoms with van der Waals surface area (Å²) in [5, 5.41) is 12.5. The Balaban J connectivity index is 1.97. The summed E-state index contributed by atoms with van der Waals surface area (Å²) < 4.78 is 38.0. The monoisotopic (exact) mass is 361 g/mol. The molecule has 7 nitrogen and oxygen atoms in total. The number of aromatic nitrogens is 2. The summed E-state index contributed by atoms with van der Waals surface area (Å²) in [6, 6.07) is 6.94. The summed E-state index contributed by atoms with van der Waals surface area (Å²) in [7, 11) is -3.29. The zero-order chi connectivity index (χ0) is 18.0. The van der Waals surface area contributed by atoms with Gasteiger partial charge in [0.15, 0.2) is 11.6 Å². The van der Waals surface area contributed by atoms with Gasteiger partial charge in [-0.3, -0.25) is 0 Å². The fraction of sp³-hybridized carbons (Fsp3) is 0.312. The summed E-state index contributed by atoms with van der Waals surface area (Å²) in [6.07, 6.45) is 3.30. The zero-order valence-corrected chi connectivity index (χ0v) is 14.3. The molecule has 130 valence electrons. The number of hydrogen-bond donors (Lipinski definition) is 1. The molecule has 0 bridgehead atoms. The van der Waals surface area contributed by atoms with E-state index in [2.05, 4.69) is 21.4 Å². The molecule has 0 amide bonds. The van der Waals surface area contributed by atoms with Crippen LogP contribution in [0.5, 0.6) is 0 Å². The highest BCUT2D eigenvalue weighted by Gasteiger charge is 2.27. The second-order valence-electron chi connectivity index (χ2n) is 5.81. The normalized spacial score (nSPS) is 18.7. The molecule has 25 heavy (non-hydrogen) atoms. The molecule has 2 heterocycles. The van der Waals surface area contributed by atoms with Crippen molar-refractivity contribution in [3.63, 3.8) is 0 Å². The lowest BCUT2D eigenvalue weighted by molar-refractivity contribution is 0.303. The van der Waals surface area contributed by atoms with Crippen LogP contribution in [0.1, 0.15) is 17.2 Å². The molecule has 1 aliphatic rings. The van der Waals surface area contributed by atoms with Crippen molar-refractivity contribution in [1.82, 2.24) is 19.6 Å². The molecule has 1 saturated heterocycles. The molecule has 1 aliphatic heterocycles. The van der Waals surface area contributed by atoms with Crippen molar-refractivity contribution in [3.8, 4) is 17.5 Å². The molecule has 0 aliphatic carbocycles. The van der Waals surface area contributed by atoms with Gasteiger partial charge in [-0.1, -0.05) is 0 Å². The number of nitriles is 1. The number of nitrogens with zero attached hydrogens (tertiary/aromatic N) is 4. The number of halogens is 1. The summed E-state index contributed by atoms with van der Waals surface area (Å²) in [4.78, 5) is 7.88. The second kappa shape index (κ2) is 6.84. The van der Waals surface area contributed by atoms with Crippen molar-refractivity contribution < 1.29 is 12.8 Å². The topological polar surface area (TPSA) is 99.0 Å². The maximum Gasteiger partial charge on any atom is 0.211 e. The third kappa shape index (κ3) is 3.99. The van der Waals surface area contributed by atoms with Gasteiger partial charge in [0, 0.05) is 31.2 Å². The first-order chi connectivity index (χ1) is 11.9. The van der Waals surface area contributed by atoms with E-state index >= 15 is 0 Å². The van der Waals surface area contributed by atoms with Crippen molar-refractivity contribution in [1.29, 1.82) is 5.26 Å². The van der Waals surface area contributed by atoms with Gasteiger partial charge in [0.1, 0.15) is 0 Å². The van der Waals surface area contributed by atoms with Crippen LogP contribution < -0.4 is 5.32 Å². The van der Waals surface area contributed by atoms with E-state index in [0.29, 0.717) is 30.0 Å². The third-order valence-corrected chi connectivity index (χ3v) is 5.24. The van der Waals surface area contributed by atoms with Gasteiger partial charge in [-0.2, -0.15) is 9.57 Å². The minimum absolute atomic E-state index is 0.254. The van der Waals surface area contributed by atoms with E-state index in [9.17, 15) is 18.1 Å². The molecule has 1 fully saturated rings. The highest BCUT2D eigenvalue weighted by atomic mass is 32.2. The summed E-state index contributed by atoms with van der Waals surface area (Å²) >= 11 is 0. The van der Waals surface area contributed by atoms with Crippen LogP contribution in [0.25, 0.3) is 11.4 Å². The lowest BCUT2D eigenvalue weighted by Crippen LogP contribution is -2.47. The largest absolute Gasteiger partial charge is 0.308 e. The minimum atomic E-state index is -3.29. The van der Waals surface area contributed by atoms with Crippen LogP contribution in [-0.2, 0) is 10.0 Å². The standard InChI is InChI=1S/C16H16FN5O2S/c1-25(23,24)22-3-2-19-15(10-22)12-4-11(7-18)5-13(6-12)16-20-8-14(17)9-21-16/h4-6,8-9,15,19H,2-3,10H2,1H3/t15-/m0/s1. The second-order valence-corrected chi connectivity index (χ2v) is 7.79. The smallest absolute Gasteiger partial charge is 0.211 e. The molecule has 0 spiro atoms. The number of sulfonamides is 1. The Morgan fingerprint density at radius 1 is 1.32 bits per heavy atom. The Labute approximate surface area is 145 Å². The van der Waals surface area contributed by atoms with Crippen molar-refractivity contribution in [3.05, 3.63) is 47.5 Å². The van der Waals surface area contributed by atoms with Gasteiger partial charge in [-0.05, 0) is 23.8 Å². The maximum absolute atomic E-state index is 13.0. The van der Waals surface area contributed by atoms with Crippen molar-refractivity contribution in [2.24, 2.45) is 0 Å². The fourth-order valence-corrected chi connectivity index (χ4v) is 3.60. The highest BCUT2D eigenvalue weighted by Crippen LogP contribution is 2.25. The van der Waals surface area contributed by atoms with Gasteiger partial charge in [0.2, 0.25) is 10.0 Å². The van der Waals surface area contributed by atoms with Crippen LogP contribution >= 0.6 is 0 Å². The average molecular weight is 361 g/mol. The van der Waals surface area contributed by atoms with Gasteiger partial charge in [0.05, 0.1) is 30.3 Å². The van der Waals surface area contributed by atoms with Crippen LogP contribution in [-0.4, -0.2) is 48.6 Å². The molecule has 0 saturated carbocycles. The van der Waals surface area contributed by atoms with E-state index < -0.39 is 15.8 Å². The van der Waals surface area contributed by atoms with E-state index in [1.807, 2.05) is 0 Å². The van der Waals surface area contributed by atoms with Gasteiger partial charge in [-0.15, -0.1) is 0 Å². The number of rotatable bonds is 3. The number of hydrogen-bond acceptors (Lipinski definition) is 6. The first-order valence-corrected chi connectivity index (χ1v) is 9.43. The third-order valence-electron chi connectivity index (χ3n) is 3.97. The van der Waals surface area contributed by atoms with Crippen LogP contribution in [0.2, 0.25) is 0 Å². The lowest BCUT2D eigenvalue weighted by atomic mass is 9.99. The Morgan fingerprint density at radius 2 is 2.04 bits per heavy atom. The molecule has 9 heteroatoms. The van der Waals surface area contributed by atoms with Crippen molar-refractivity contribution >= 4 is 10.0 Å². The molecule has 3 rings (SSSR count). The van der Waals surface area contributed by atoms with E-state index in [4.69, 9.17) is 0 Å². The first kappa shape index (κ1) is 17.4. The molecule has 1 atom stereocenters. The number of piperazine rings is 1. The fourth-order valence-electron chi connectivity index (χ4n) is 2.76. The molecule has 1 aromatic carbocycles. The predicted octanol–water partition coefficient (Wildman–Crippen LogP) is 1.06. The van der Waals surface area contributed by atoms with E-state index in [1.165, 1.54) is 10.6 Å². The minimum Gasteiger partial charge on any atom is -0.308 e. The van der Waals surface area contributed by atoms with Gasteiger partial charge in [0.25, 0.3) is 0 Å². The Bertz CT molecular complexity index is 925. The van der Waals surface area contributed by atoms with Crippen LogP contribution in [0.4, 0.5) is 4.39 Å². The highest BCUT2D eigenvalue weighted by molar-refractivity contribution is 7.88. The summed E-state index contributed by atoms with van der Waals surface area (Å²) in [5.41, 5.74) is 1.74. The van der Waals surface area contributed by atoms with E-state index in [0.717, 1.165) is 18.0 Å². The molecule has 1 aromatic heterocycles. The van der Waals surface area contributed by atoms with Crippen molar-refractivity contribution in [2.75, 3.05) is 25.9 Å². The van der Waals surface area contributed by atoms with Gasteiger partial charge in [-0.25, -0.2) is 22.8 Å². The molecule has 1 N–H and O–H groups in total. The molecule has 0 radical (unpaired) electrons. The van der Waals surface area contributed by atoms with E-state index in [1.54, 1.807) is 18.2 Å². The Hall–Kier alpha value is -2.41. The van der Waals surface area contributed by atoms with Gasteiger partial charge >= 0.3 is 0 Å². The van der Waals surface area contributed by atoms with E-state index in [-0.39, 0.29) is 12.6 Å². The molecule has 2 aromatic rings. The Kier molecular flexibility index (Phi) is 4.76. The maximum atomic E-state index is 13.0. The zero-order valence-electron chi connectivity index (χ0n) is 13.5. The van der Waals surface area contributed by atoms with Gasteiger partial charge < -0.3 is 5.32 Å². The SMILES string of the molecule is CS(=O)(=O)N1CCN[C@H](c2cc(C#N)cc(-c3ncc(F)cn3)c2)C1. The van der Waals surface area contributed by atoms with Crippen molar-refractivity contribution in [2.45, 2.75) is 6.04 Å². The molecule has 0 unspecified atom stereocenters. The summed E-state index contributed by atoms with van der Waals surface area (Å²) in [5.74, 6) is -0.242. The predicted molar refractivity (Wildman–Crippen MR) is 89.3 cm³/mol. The molecular formula is C16H16FN5O2S. The Morgan fingerprint density at radius 3 is 2.68 bits per heavy atom. The average Bonchev–Trinajstić information content (AvgIpc) is 2.61. The molecular weight excluding hydrogens is 345 g/mol. The van der Waals surface area contributed by atoms with Crippen LogP contribution in [0, 0.1) is 17.1 Å². The number of benzene rings is 1. The lowest BCUT2D eigenvalue weighted by Gasteiger charge is -2.32. The first-order valence-electron chi connectivity index (χ1n) is 7.58. The quantitative estimate of drug-likeness (QED) is 0.878. The number of nitrogens with one attached hydrogen (secondary N) is 1.